The summed E-state index contributed by atoms with van der Waals surface area (Å²) in [4.78, 5) is 30.7. The minimum Gasteiger partial charge on any atom is -0.497 e. The Bertz CT molecular complexity index is 927. The first-order valence-electron chi connectivity index (χ1n) is 11.7. The lowest BCUT2D eigenvalue weighted by molar-refractivity contribution is -0.127. The highest BCUT2D eigenvalue weighted by atomic mass is 32.2. The first-order chi connectivity index (χ1) is 16.1. The van der Waals surface area contributed by atoms with E-state index in [1.807, 2.05) is 47.4 Å². The molecular formula is C26H35N3O3S. The molecule has 1 unspecified atom stereocenters. The molecule has 1 N–H and O–H groups in total. The van der Waals surface area contributed by atoms with Gasteiger partial charge < -0.3 is 15.0 Å². The fourth-order valence-corrected chi connectivity index (χ4v) is 5.19. The molecule has 3 rings (SSSR count). The summed E-state index contributed by atoms with van der Waals surface area (Å²) in [7, 11) is 1.66. The van der Waals surface area contributed by atoms with E-state index in [0.717, 1.165) is 55.2 Å². The standard InChI is InChI=1S/C26H35N3O3S/c1-4-28(5-2)23(20-11-10-12-21(17-20)32-3)18-27-26(31)22-13-6-7-14-24(22)33-19-25(30)29-15-8-9-16-29/h6-7,10-14,17,23H,4-5,8-9,15-16,18-19H2,1-3H3,(H,27,31). The average Bonchev–Trinajstić information content (AvgIpc) is 3.40. The summed E-state index contributed by atoms with van der Waals surface area (Å²) in [5.41, 5.74) is 1.72. The van der Waals surface area contributed by atoms with Crippen molar-refractivity contribution in [3.63, 3.8) is 0 Å². The van der Waals surface area contributed by atoms with Gasteiger partial charge in [-0.15, -0.1) is 11.8 Å². The van der Waals surface area contributed by atoms with Crippen LogP contribution in [0.1, 0.15) is 48.7 Å². The molecule has 178 valence electrons. The Morgan fingerprint density at radius 2 is 1.82 bits per heavy atom. The van der Waals surface area contributed by atoms with Gasteiger partial charge in [0.05, 0.1) is 24.5 Å². The van der Waals surface area contributed by atoms with Crippen molar-refractivity contribution in [3.8, 4) is 5.75 Å². The van der Waals surface area contributed by atoms with E-state index in [0.29, 0.717) is 17.9 Å². The maximum Gasteiger partial charge on any atom is 0.252 e. The molecule has 0 saturated carbocycles. The first kappa shape index (κ1) is 25.1. The summed E-state index contributed by atoms with van der Waals surface area (Å²) >= 11 is 1.44. The fourth-order valence-electron chi connectivity index (χ4n) is 4.23. The molecule has 1 heterocycles. The average molecular weight is 470 g/mol. The summed E-state index contributed by atoms with van der Waals surface area (Å²) in [6.07, 6.45) is 2.16. The molecule has 0 radical (unpaired) electrons. The molecule has 1 fully saturated rings. The number of likely N-dealkylation sites (tertiary alicyclic amines) is 1. The molecule has 6 nitrogen and oxygen atoms in total. The Kier molecular flexibility index (Phi) is 9.63. The highest BCUT2D eigenvalue weighted by Crippen LogP contribution is 2.26. The Labute approximate surface area is 201 Å². The number of hydrogen-bond donors (Lipinski definition) is 1. The third kappa shape index (κ3) is 6.74. The van der Waals surface area contributed by atoms with Crippen LogP contribution in [0.4, 0.5) is 0 Å². The fraction of sp³-hybridized carbons (Fsp3) is 0.462. The van der Waals surface area contributed by atoms with Crippen LogP contribution in [0.5, 0.6) is 5.75 Å². The zero-order valence-electron chi connectivity index (χ0n) is 19.9. The molecule has 0 aromatic heterocycles. The molecular weight excluding hydrogens is 434 g/mol. The smallest absolute Gasteiger partial charge is 0.252 e. The minimum atomic E-state index is -0.119. The number of amides is 2. The first-order valence-corrected chi connectivity index (χ1v) is 12.7. The van der Waals surface area contributed by atoms with Gasteiger partial charge in [-0.05, 0) is 55.8 Å². The molecule has 2 aromatic carbocycles. The van der Waals surface area contributed by atoms with Crippen LogP contribution in [0.15, 0.2) is 53.4 Å². The predicted octanol–water partition coefficient (Wildman–Crippen LogP) is 4.22. The number of rotatable bonds is 11. The van der Waals surface area contributed by atoms with Crippen molar-refractivity contribution in [3.05, 3.63) is 59.7 Å². The number of nitrogens with zero attached hydrogens (tertiary/aromatic N) is 2. The second kappa shape index (κ2) is 12.7. The van der Waals surface area contributed by atoms with Gasteiger partial charge in [0.25, 0.3) is 5.91 Å². The summed E-state index contributed by atoms with van der Waals surface area (Å²) in [5, 5.41) is 3.14. The molecule has 1 atom stereocenters. The van der Waals surface area contributed by atoms with Crippen LogP contribution in [-0.4, -0.2) is 67.2 Å². The number of ether oxygens (including phenoxy) is 1. The Morgan fingerprint density at radius 1 is 1.09 bits per heavy atom. The number of thioether (sulfide) groups is 1. The van der Waals surface area contributed by atoms with Crippen LogP contribution in [0, 0.1) is 0 Å². The Morgan fingerprint density at radius 3 is 2.52 bits per heavy atom. The third-order valence-corrected chi connectivity index (χ3v) is 7.19. The Hall–Kier alpha value is -2.51. The summed E-state index contributed by atoms with van der Waals surface area (Å²) in [6.45, 7) is 8.18. The number of carbonyl (C=O) groups is 2. The van der Waals surface area contributed by atoms with E-state index >= 15 is 0 Å². The molecule has 1 aliphatic rings. The SMILES string of the molecule is CCN(CC)C(CNC(=O)c1ccccc1SCC(=O)N1CCCC1)c1cccc(OC)c1. The van der Waals surface area contributed by atoms with Crippen molar-refractivity contribution < 1.29 is 14.3 Å². The van der Waals surface area contributed by atoms with Gasteiger partial charge in [-0.2, -0.15) is 0 Å². The second-order valence-electron chi connectivity index (χ2n) is 8.10. The molecule has 0 spiro atoms. The van der Waals surface area contributed by atoms with Crippen molar-refractivity contribution in [1.82, 2.24) is 15.1 Å². The maximum absolute atomic E-state index is 13.2. The van der Waals surface area contributed by atoms with Gasteiger partial charge in [0.15, 0.2) is 0 Å². The van der Waals surface area contributed by atoms with Crippen LogP contribution < -0.4 is 10.1 Å². The molecule has 33 heavy (non-hydrogen) atoms. The van der Waals surface area contributed by atoms with E-state index in [9.17, 15) is 9.59 Å². The van der Waals surface area contributed by atoms with Crippen LogP contribution in [0.25, 0.3) is 0 Å². The summed E-state index contributed by atoms with van der Waals surface area (Å²) < 4.78 is 5.41. The van der Waals surface area contributed by atoms with Crippen LogP contribution in [-0.2, 0) is 4.79 Å². The second-order valence-corrected chi connectivity index (χ2v) is 9.11. The van der Waals surface area contributed by atoms with Gasteiger partial charge in [-0.1, -0.05) is 38.1 Å². The van der Waals surface area contributed by atoms with Gasteiger partial charge in [0.2, 0.25) is 5.91 Å². The molecule has 0 bridgehead atoms. The van der Waals surface area contributed by atoms with Gasteiger partial charge >= 0.3 is 0 Å². The van der Waals surface area contributed by atoms with Crippen LogP contribution >= 0.6 is 11.8 Å². The number of nitrogens with one attached hydrogen (secondary N) is 1. The third-order valence-electron chi connectivity index (χ3n) is 6.13. The zero-order valence-corrected chi connectivity index (χ0v) is 20.7. The predicted molar refractivity (Wildman–Crippen MR) is 134 cm³/mol. The number of benzene rings is 2. The van der Waals surface area contributed by atoms with Gasteiger partial charge in [0, 0.05) is 24.5 Å². The highest BCUT2D eigenvalue weighted by Gasteiger charge is 2.22. The normalized spacial score (nSPS) is 14.4. The van der Waals surface area contributed by atoms with E-state index in [-0.39, 0.29) is 17.9 Å². The van der Waals surface area contributed by atoms with E-state index in [1.165, 1.54) is 11.8 Å². The van der Waals surface area contributed by atoms with Gasteiger partial charge in [0.1, 0.15) is 5.75 Å². The van der Waals surface area contributed by atoms with Crippen molar-refractivity contribution >= 4 is 23.6 Å². The zero-order chi connectivity index (χ0) is 23.6. The number of carbonyl (C=O) groups excluding carboxylic acids is 2. The summed E-state index contributed by atoms with van der Waals surface area (Å²) in [6, 6.07) is 15.6. The van der Waals surface area contributed by atoms with Crippen LogP contribution in [0.3, 0.4) is 0 Å². The van der Waals surface area contributed by atoms with Crippen LogP contribution in [0.2, 0.25) is 0 Å². The number of likely N-dealkylation sites (N-methyl/N-ethyl adjacent to an activating group) is 1. The highest BCUT2D eigenvalue weighted by molar-refractivity contribution is 8.00. The van der Waals surface area contributed by atoms with Crippen molar-refractivity contribution in [2.45, 2.75) is 37.6 Å². The molecule has 2 aromatic rings. The topological polar surface area (TPSA) is 61.9 Å². The quantitative estimate of drug-likeness (QED) is 0.499. The Balaban J connectivity index is 1.69. The molecule has 1 aliphatic heterocycles. The summed E-state index contributed by atoms with van der Waals surface area (Å²) in [5.74, 6) is 1.19. The lowest BCUT2D eigenvalue weighted by atomic mass is 10.0. The number of methoxy groups -OCH3 is 1. The molecule has 7 heteroatoms. The van der Waals surface area contributed by atoms with Gasteiger partial charge in [-0.25, -0.2) is 0 Å². The molecule has 2 amide bonds. The van der Waals surface area contributed by atoms with E-state index in [2.05, 4.69) is 30.1 Å². The van der Waals surface area contributed by atoms with Gasteiger partial charge in [-0.3, -0.25) is 14.5 Å². The largest absolute Gasteiger partial charge is 0.497 e. The van der Waals surface area contributed by atoms with Crippen molar-refractivity contribution in [2.75, 3.05) is 45.6 Å². The monoisotopic (exact) mass is 469 g/mol. The molecule has 1 saturated heterocycles. The van der Waals surface area contributed by atoms with Crippen molar-refractivity contribution in [2.24, 2.45) is 0 Å². The lowest BCUT2D eigenvalue weighted by Gasteiger charge is -2.30. The molecule has 0 aliphatic carbocycles. The van der Waals surface area contributed by atoms with E-state index in [4.69, 9.17) is 4.74 Å². The van der Waals surface area contributed by atoms with Crippen molar-refractivity contribution in [1.29, 1.82) is 0 Å². The van der Waals surface area contributed by atoms with E-state index in [1.54, 1.807) is 7.11 Å². The number of hydrogen-bond acceptors (Lipinski definition) is 5. The minimum absolute atomic E-state index is 0.0376. The maximum atomic E-state index is 13.2. The lowest BCUT2D eigenvalue weighted by Crippen LogP contribution is -2.38. The van der Waals surface area contributed by atoms with E-state index < -0.39 is 0 Å².